The summed E-state index contributed by atoms with van der Waals surface area (Å²) >= 11 is 5.97. The maximum atomic E-state index is 13.2. The third-order valence-electron chi connectivity index (χ3n) is 5.84. The minimum absolute atomic E-state index is 0.0200. The van der Waals surface area contributed by atoms with Crippen molar-refractivity contribution in [2.45, 2.75) is 23.7 Å². The van der Waals surface area contributed by atoms with Gasteiger partial charge in [-0.2, -0.15) is 0 Å². The number of anilines is 1. The first-order valence-electron chi connectivity index (χ1n) is 10.7. The normalized spacial score (nSPS) is 14.8. The van der Waals surface area contributed by atoms with E-state index in [4.69, 9.17) is 16.3 Å². The smallest absolute Gasteiger partial charge is 0.228 e. The molecular formula is C25H23ClN2O5S. The molecule has 2 heterocycles. The molecule has 1 amide bonds. The summed E-state index contributed by atoms with van der Waals surface area (Å²) in [6, 6.07) is 16.6. The molecule has 0 aliphatic carbocycles. The highest BCUT2D eigenvalue weighted by Crippen LogP contribution is 2.36. The van der Waals surface area contributed by atoms with Crippen molar-refractivity contribution in [1.29, 1.82) is 0 Å². The third-order valence-corrected chi connectivity index (χ3v) is 7.84. The van der Waals surface area contributed by atoms with Crippen LogP contribution in [-0.4, -0.2) is 44.1 Å². The summed E-state index contributed by atoms with van der Waals surface area (Å²) in [6.45, 7) is 2.12. The Bertz CT molecular complexity index is 1300. The standard InChI is InChI=1S/C25H23ClN2O5S/c1-2-34(31,32)21-10-3-17(4-11-21)13-23(29)28-20-9-12-22(27-14-20)24(30)25(15-33-16-25)18-5-7-19(26)8-6-18/h3-12,14H,2,13,15-16H2,1H3,(H,28,29). The van der Waals surface area contributed by atoms with Crippen molar-refractivity contribution in [2.24, 2.45) is 0 Å². The van der Waals surface area contributed by atoms with E-state index in [-0.39, 0.29) is 47.7 Å². The quantitative estimate of drug-likeness (QED) is 0.473. The SMILES string of the molecule is CCS(=O)(=O)c1ccc(CC(=O)Nc2ccc(C(=O)C3(c4ccc(Cl)cc4)COC3)nc2)cc1. The van der Waals surface area contributed by atoms with E-state index >= 15 is 0 Å². The number of halogens is 1. The van der Waals surface area contributed by atoms with Gasteiger partial charge in [0.25, 0.3) is 0 Å². The molecule has 0 radical (unpaired) electrons. The Morgan fingerprint density at radius 2 is 1.71 bits per heavy atom. The Kier molecular flexibility index (Phi) is 6.84. The molecule has 1 aliphatic heterocycles. The van der Waals surface area contributed by atoms with Gasteiger partial charge >= 0.3 is 0 Å². The monoisotopic (exact) mass is 498 g/mol. The number of carbonyl (C=O) groups excluding carboxylic acids is 2. The minimum Gasteiger partial charge on any atom is -0.378 e. The van der Waals surface area contributed by atoms with Crippen LogP contribution in [0.5, 0.6) is 0 Å². The predicted octanol–water partition coefficient (Wildman–Crippen LogP) is 3.86. The number of nitrogens with one attached hydrogen (secondary N) is 1. The zero-order valence-corrected chi connectivity index (χ0v) is 20.0. The van der Waals surface area contributed by atoms with Gasteiger partial charge < -0.3 is 10.1 Å². The van der Waals surface area contributed by atoms with Gasteiger partial charge in [0.1, 0.15) is 11.1 Å². The summed E-state index contributed by atoms with van der Waals surface area (Å²) < 4.78 is 29.2. The summed E-state index contributed by atoms with van der Waals surface area (Å²) in [5, 5.41) is 3.34. The number of carbonyl (C=O) groups is 2. The second-order valence-electron chi connectivity index (χ2n) is 8.12. The van der Waals surface area contributed by atoms with Crippen molar-refractivity contribution in [3.8, 4) is 0 Å². The van der Waals surface area contributed by atoms with Crippen LogP contribution < -0.4 is 5.32 Å². The first kappa shape index (κ1) is 24.1. The summed E-state index contributed by atoms with van der Waals surface area (Å²) in [7, 11) is -3.28. The van der Waals surface area contributed by atoms with Gasteiger partial charge in [-0.1, -0.05) is 42.8 Å². The number of hydrogen-bond acceptors (Lipinski definition) is 6. The number of ether oxygens (including phenoxy) is 1. The fourth-order valence-electron chi connectivity index (χ4n) is 3.72. The topological polar surface area (TPSA) is 102 Å². The average Bonchev–Trinajstić information content (AvgIpc) is 2.80. The lowest BCUT2D eigenvalue weighted by atomic mass is 9.74. The molecule has 0 atom stereocenters. The number of pyridine rings is 1. The van der Waals surface area contributed by atoms with Crippen LogP contribution in [0.25, 0.3) is 0 Å². The molecule has 176 valence electrons. The van der Waals surface area contributed by atoms with Crippen molar-refractivity contribution in [2.75, 3.05) is 24.3 Å². The number of nitrogens with zero attached hydrogens (tertiary/aromatic N) is 1. The number of Topliss-reactive ketones (excluding diaryl/α,β-unsaturated/α-hetero) is 1. The second-order valence-corrected chi connectivity index (χ2v) is 10.8. The van der Waals surface area contributed by atoms with Crippen molar-refractivity contribution in [3.05, 3.63) is 88.7 Å². The zero-order valence-electron chi connectivity index (χ0n) is 18.5. The number of hydrogen-bond donors (Lipinski definition) is 1. The van der Waals surface area contributed by atoms with Crippen LogP contribution in [0.15, 0.2) is 71.8 Å². The van der Waals surface area contributed by atoms with Gasteiger partial charge in [0, 0.05) is 5.02 Å². The molecule has 1 aromatic heterocycles. The van der Waals surface area contributed by atoms with Crippen LogP contribution in [0.2, 0.25) is 5.02 Å². The van der Waals surface area contributed by atoms with Gasteiger partial charge in [-0.25, -0.2) is 8.42 Å². The number of sulfone groups is 1. The Hall–Kier alpha value is -3.07. The minimum atomic E-state index is -3.28. The molecule has 34 heavy (non-hydrogen) atoms. The fourth-order valence-corrected chi connectivity index (χ4v) is 4.73. The van der Waals surface area contributed by atoms with E-state index in [0.29, 0.717) is 16.3 Å². The van der Waals surface area contributed by atoms with Crippen LogP contribution in [0.1, 0.15) is 28.5 Å². The van der Waals surface area contributed by atoms with Crippen LogP contribution in [0.3, 0.4) is 0 Å². The van der Waals surface area contributed by atoms with Crippen molar-refractivity contribution in [3.63, 3.8) is 0 Å². The van der Waals surface area contributed by atoms with Crippen molar-refractivity contribution in [1.82, 2.24) is 4.98 Å². The molecule has 4 rings (SSSR count). The number of amides is 1. The van der Waals surface area contributed by atoms with Gasteiger partial charge in [0.15, 0.2) is 15.6 Å². The molecule has 0 spiro atoms. The molecule has 1 N–H and O–H groups in total. The van der Waals surface area contributed by atoms with Gasteiger partial charge in [-0.15, -0.1) is 0 Å². The fraction of sp³-hybridized carbons (Fsp3) is 0.240. The highest BCUT2D eigenvalue weighted by atomic mass is 35.5. The summed E-state index contributed by atoms with van der Waals surface area (Å²) in [5.41, 5.74) is 1.45. The molecular weight excluding hydrogens is 476 g/mol. The van der Waals surface area contributed by atoms with Crippen LogP contribution in [0.4, 0.5) is 5.69 Å². The lowest BCUT2D eigenvalue weighted by molar-refractivity contribution is -0.115. The van der Waals surface area contributed by atoms with E-state index < -0.39 is 15.3 Å². The largest absolute Gasteiger partial charge is 0.378 e. The lowest BCUT2D eigenvalue weighted by Crippen LogP contribution is -2.53. The van der Waals surface area contributed by atoms with Crippen LogP contribution in [-0.2, 0) is 31.2 Å². The number of rotatable bonds is 8. The van der Waals surface area contributed by atoms with Crippen LogP contribution in [0, 0.1) is 0 Å². The predicted molar refractivity (Wildman–Crippen MR) is 129 cm³/mol. The molecule has 0 saturated carbocycles. The van der Waals surface area contributed by atoms with Crippen LogP contribution >= 0.6 is 11.6 Å². The molecule has 1 aliphatic rings. The Morgan fingerprint density at radius 1 is 1.03 bits per heavy atom. The van der Waals surface area contributed by atoms with E-state index in [9.17, 15) is 18.0 Å². The lowest BCUT2D eigenvalue weighted by Gasteiger charge is -2.40. The zero-order chi connectivity index (χ0) is 24.3. The Labute approximate surface area is 203 Å². The molecule has 3 aromatic rings. The first-order valence-corrected chi connectivity index (χ1v) is 12.7. The molecule has 7 nitrogen and oxygen atoms in total. The average molecular weight is 499 g/mol. The first-order chi connectivity index (χ1) is 16.2. The van der Waals surface area contributed by atoms with E-state index in [0.717, 1.165) is 5.56 Å². The number of aromatic nitrogens is 1. The van der Waals surface area contributed by atoms with E-state index in [1.807, 2.05) is 12.1 Å². The summed E-state index contributed by atoms with van der Waals surface area (Å²) in [5.74, 6) is -0.412. The molecule has 1 saturated heterocycles. The Balaban J connectivity index is 1.41. The van der Waals surface area contributed by atoms with E-state index in [2.05, 4.69) is 10.3 Å². The molecule has 0 unspecified atom stereocenters. The summed E-state index contributed by atoms with van der Waals surface area (Å²) in [6.07, 6.45) is 1.52. The third kappa shape index (κ3) is 4.89. The van der Waals surface area contributed by atoms with Gasteiger partial charge in [0.2, 0.25) is 5.91 Å². The van der Waals surface area contributed by atoms with Crippen molar-refractivity contribution < 1.29 is 22.7 Å². The summed E-state index contributed by atoms with van der Waals surface area (Å²) in [4.78, 5) is 30.1. The second kappa shape index (κ2) is 9.66. The van der Waals surface area contributed by atoms with Gasteiger partial charge in [-0.05, 0) is 47.5 Å². The number of benzene rings is 2. The van der Waals surface area contributed by atoms with Crippen molar-refractivity contribution >= 4 is 38.8 Å². The van der Waals surface area contributed by atoms with Gasteiger partial charge in [-0.3, -0.25) is 14.6 Å². The van der Waals surface area contributed by atoms with Gasteiger partial charge in [0.05, 0.1) is 42.2 Å². The molecule has 9 heteroatoms. The van der Waals surface area contributed by atoms with E-state index in [1.165, 1.54) is 18.3 Å². The highest BCUT2D eigenvalue weighted by Gasteiger charge is 2.48. The maximum absolute atomic E-state index is 13.2. The van der Waals surface area contributed by atoms with E-state index in [1.54, 1.807) is 43.3 Å². The Morgan fingerprint density at radius 3 is 2.24 bits per heavy atom. The number of ketones is 1. The highest BCUT2D eigenvalue weighted by molar-refractivity contribution is 7.91. The molecule has 0 bridgehead atoms. The maximum Gasteiger partial charge on any atom is 0.228 e. The molecule has 1 fully saturated rings. The molecule has 2 aromatic carbocycles.